The number of aliphatic carboxylic acids is 1. The average Bonchev–Trinajstić information content (AvgIpc) is 2.73. The van der Waals surface area contributed by atoms with Crippen molar-refractivity contribution in [3.05, 3.63) is 21.9 Å². The minimum absolute atomic E-state index is 0.0430. The monoisotopic (exact) mass is 269 g/mol. The first-order chi connectivity index (χ1) is 8.49. The highest BCUT2D eigenvalue weighted by molar-refractivity contribution is 7.13. The molecule has 0 aliphatic heterocycles. The van der Waals surface area contributed by atoms with Crippen LogP contribution in [-0.2, 0) is 4.79 Å². The van der Waals surface area contributed by atoms with Gasteiger partial charge in [-0.2, -0.15) is 0 Å². The number of carbonyl (C=O) groups is 2. The molecule has 0 aromatic carbocycles. The number of nitrogens with one attached hydrogen (secondary N) is 1. The number of thiophene rings is 1. The van der Waals surface area contributed by atoms with Crippen molar-refractivity contribution in [2.45, 2.75) is 33.1 Å². The molecule has 1 amide bonds. The summed E-state index contributed by atoms with van der Waals surface area (Å²) in [6, 6.07) is 3.75. The van der Waals surface area contributed by atoms with Gasteiger partial charge in [-0.25, -0.2) is 0 Å². The second-order valence-electron chi connectivity index (χ2n) is 4.49. The van der Waals surface area contributed by atoms with E-state index in [0.717, 1.165) is 16.2 Å². The SMILES string of the molecule is Cc1ccc(C(=O)NCCC(C)CCC(=O)O)s1. The fourth-order valence-corrected chi connectivity index (χ4v) is 2.37. The molecule has 0 saturated carbocycles. The van der Waals surface area contributed by atoms with E-state index >= 15 is 0 Å². The Hall–Kier alpha value is -1.36. The molecule has 1 heterocycles. The zero-order chi connectivity index (χ0) is 13.5. The summed E-state index contributed by atoms with van der Waals surface area (Å²) >= 11 is 1.48. The van der Waals surface area contributed by atoms with Gasteiger partial charge in [0.15, 0.2) is 0 Å². The number of carbonyl (C=O) groups excluding carboxylic acids is 1. The lowest BCUT2D eigenvalue weighted by Crippen LogP contribution is -2.24. The van der Waals surface area contributed by atoms with Crippen molar-refractivity contribution in [1.29, 1.82) is 0 Å². The van der Waals surface area contributed by atoms with Crippen LogP contribution in [0.2, 0.25) is 0 Å². The van der Waals surface area contributed by atoms with Gasteiger partial charge in [-0.15, -0.1) is 11.3 Å². The summed E-state index contributed by atoms with van der Waals surface area (Å²) in [5.74, 6) is -0.495. The summed E-state index contributed by atoms with van der Waals surface area (Å²) in [4.78, 5) is 24.0. The van der Waals surface area contributed by atoms with Crippen LogP contribution in [-0.4, -0.2) is 23.5 Å². The normalized spacial score (nSPS) is 12.1. The molecule has 1 unspecified atom stereocenters. The summed E-state index contributed by atoms with van der Waals surface area (Å²) in [5, 5.41) is 11.4. The van der Waals surface area contributed by atoms with Gasteiger partial charge in [-0.3, -0.25) is 9.59 Å². The zero-order valence-corrected chi connectivity index (χ0v) is 11.5. The van der Waals surface area contributed by atoms with Crippen molar-refractivity contribution in [1.82, 2.24) is 5.32 Å². The predicted octanol–water partition coefficient (Wildman–Crippen LogP) is 2.68. The van der Waals surface area contributed by atoms with E-state index in [4.69, 9.17) is 5.11 Å². The molecule has 100 valence electrons. The summed E-state index contributed by atoms with van der Waals surface area (Å²) < 4.78 is 0. The molecule has 1 rings (SSSR count). The van der Waals surface area contributed by atoms with Crippen LogP contribution in [0.1, 0.15) is 40.7 Å². The van der Waals surface area contributed by atoms with Gasteiger partial charge < -0.3 is 10.4 Å². The Morgan fingerprint density at radius 2 is 2.11 bits per heavy atom. The summed E-state index contributed by atoms with van der Waals surface area (Å²) in [6.07, 6.45) is 1.66. The third-order valence-electron chi connectivity index (χ3n) is 2.74. The molecule has 0 aliphatic rings. The minimum atomic E-state index is -0.764. The molecule has 5 heteroatoms. The Labute approximate surface area is 111 Å². The van der Waals surface area contributed by atoms with E-state index in [-0.39, 0.29) is 12.3 Å². The quantitative estimate of drug-likeness (QED) is 0.799. The van der Waals surface area contributed by atoms with E-state index in [0.29, 0.717) is 18.9 Å². The van der Waals surface area contributed by atoms with Crippen molar-refractivity contribution in [3.8, 4) is 0 Å². The molecule has 2 N–H and O–H groups in total. The minimum Gasteiger partial charge on any atom is -0.481 e. The first-order valence-electron chi connectivity index (χ1n) is 6.05. The topological polar surface area (TPSA) is 66.4 Å². The van der Waals surface area contributed by atoms with Crippen molar-refractivity contribution < 1.29 is 14.7 Å². The second-order valence-corrected chi connectivity index (χ2v) is 5.78. The van der Waals surface area contributed by atoms with Crippen LogP contribution < -0.4 is 5.32 Å². The molecule has 18 heavy (non-hydrogen) atoms. The fraction of sp³-hybridized carbons (Fsp3) is 0.538. The molecule has 1 atom stereocenters. The maximum atomic E-state index is 11.7. The van der Waals surface area contributed by atoms with Gasteiger partial charge in [-0.05, 0) is 37.8 Å². The van der Waals surface area contributed by atoms with Gasteiger partial charge in [0.1, 0.15) is 0 Å². The Bertz CT molecular complexity index is 414. The van der Waals surface area contributed by atoms with E-state index in [1.54, 1.807) is 0 Å². The lowest BCUT2D eigenvalue weighted by atomic mass is 10.0. The molecular weight excluding hydrogens is 250 g/mol. The molecule has 0 spiro atoms. The third-order valence-corrected chi connectivity index (χ3v) is 3.74. The predicted molar refractivity (Wildman–Crippen MR) is 72.0 cm³/mol. The maximum Gasteiger partial charge on any atom is 0.303 e. The Morgan fingerprint density at radius 3 is 2.67 bits per heavy atom. The second kappa shape index (κ2) is 7.16. The van der Waals surface area contributed by atoms with Gasteiger partial charge in [0.25, 0.3) is 5.91 Å². The smallest absolute Gasteiger partial charge is 0.303 e. The molecular formula is C13H19NO3S. The van der Waals surface area contributed by atoms with Crippen LogP contribution in [0.4, 0.5) is 0 Å². The van der Waals surface area contributed by atoms with Gasteiger partial charge >= 0.3 is 5.97 Å². The van der Waals surface area contributed by atoms with Crippen LogP contribution in [0.25, 0.3) is 0 Å². The van der Waals surface area contributed by atoms with E-state index < -0.39 is 5.97 Å². The fourth-order valence-electron chi connectivity index (χ4n) is 1.59. The molecule has 0 aliphatic carbocycles. The van der Waals surface area contributed by atoms with Gasteiger partial charge in [-0.1, -0.05) is 6.92 Å². The number of carboxylic acid groups (broad SMARTS) is 1. The van der Waals surface area contributed by atoms with E-state index in [2.05, 4.69) is 5.32 Å². The van der Waals surface area contributed by atoms with Crippen LogP contribution in [0, 0.1) is 12.8 Å². The van der Waals surface area contributed by atoms with E-state index in [1.165, 1.54) is 11.3 Å². The highest BCUT2D eigenvalue weighted by Crippen LogP contribution is 2.15. The van der Waals surface area contributed by atoms with Crippen LogP contribution >= 0.6 is 11.3 Å². The third kappa shape index (κ3) is 5.31. The van der Waals surface area contributed by atoms with Gasteiger partial charge in [0, 0.05) is 17.8 Å². The molecule has 0 saturated heterocycles. The highest BCUT2D eigenvalue weighted by atomic mass is 32.1. The standard InChI is InChI=1S/C13H19NO3S/c1-9(3-6-12(15)16)7-8-14-13(17)11-5-4-10(2)18-11/h4-5,9H,3,6-8H2,1-2H3,(H,14,17)(H,15,16). The van der Waals surface area contributed by atoms with Crippen molar-refractivity contribution in [2.75, 3.05) is 6.54 Å². The molecule has 0 radical (unpaired) electrons. The summed E-state index contributed by atoms with van der Waals surface area (Å²) in [6.45, 7) is 4.57. The van der Waals surface area contributed by atoms with E-state index in [1.807, 2.05) is 26.0 Å². The average molecular weight is 269 g/mol. The van der Waals surface area contributed by atoms with Crippen LogP contribution in [0.3, 0.4) is 0 Å². The van der Waals surface area contributed by atoms with Crippen molar-refractivity contribution >= 4 is 23.2 Å². The zero-order valence-electron chi connectivity index (χ0n) is 10.7. The lowest BCUT2D eigenvalue weighted by molar-refractivity contribution is -0.137. The summed E-state index contributed by atoms with van der Waals surface area (Å²) in [7, 11) is 0. The van der Waals surface area contributed by atoms with Gasteiger partial charge in [0.2, 0.25) is 0 Å². The number of hydrogen-bond donors (Lipinski definition) is 2. The van der Waals surface area contributed by atoms with Crippen molar-refractivity contribution in [3.63, 3.8) is 0 Å². The Kier molecular flexibility index (Phi) is 5.85. The number of amides is 1. The maximum absolute atomic E-state index is 11.7. The molecule has 0 bridgehead atoms. The first kappa shape index (κ1) is 14.7. The number of rotatable bonds is 7. The Morgan fingerprint density at radius 1 is 1.39 bits per heavy atom. The van der Waals surface area contributed by atoms with Gasteiger partial charge in [0.05, 0.1) is 4.88 Å². The molecule has 1 aromatic rings. The molecule has 4 nitrogen and oxygen atoms in total. The number of aryl methyl sites for hydroxylation is 1. The Balaban J connectivity index is 2.21. The summed E-state index contributed by atoms with van der Waals surface area (Å²) in [5.41, 5.74) is 0. The molecule has 1 aromatic heterocycles. The van der Waals surface area contributed by atoms with E-state index in [9.17, 15) is 9.59 Å². The van der Waals surface area contributed by atoms with Crippen LogP contribution in [0.15, 0.2) is 12.1 Å². The number of hydrogen-bond acceptors (Lipinski definition) is 3. The first-order valence-corrected chi connectivity index (χ1v) is 6.87. The highest BCUT2D eigenvalue weighted by Gasteiger charge is 2.09. The largest absolute Gasteiger partial charge is 0.481 e. The molecule has 0 fully saturated rings. The van der Waals surface area contributed by atoms with Crippen LogP contribution in [0.5, 0.6) is 0 Å². The van der Waals surface area contributed by atoms with Crippen molar-refractivity contribution in [2.24, 2.45) is 5.92 Å². The number of carboxylic acids is 1. The lowest BCUT2D eigenvalue weighted by Gasteiger charge is -2.10.